The van der Waals surface area contributed by atoms with Gasteiger partial charge in [0, 0.05) is 11.1 Å². The molecule has 2 aromatic carbocycles. The number of aryl methyl sites for hydroxylation is 1. The molecule has 0 aliphatic rings. The van der Waals surface area contributed by atoms with Crippen LogP contribution in [0.1, 0.15) is 97.5 Å². The molecule has 0 aliphatic carbocycles. The largest absolute Gasteiger partial charge is 0.323 e. The number of benzene rings is 2. The zero-order chi connectivity index (χ0) is 29.8. The summed E-state index contributed by atoms with van der Waals surface area (Å²) in [6.07, 6.45) is 13.7. The molecule has 0 aliphatic heterocycles. The summed E-state index contributed by atoms with van der Waals surface area (Å²) >= 11 is 12.2. The first-order valence-electron chi connectivity index (χ1n) is 14.2. The Kier molecular flexibility index (Phi) is 13.5. The smallest absolute Gasteiger partial charge is 0.268 e. The SMILES string of the molecule is CCCCCCCCCCCCc1ccc(S(=O)(=O)Nc2cccc(NC(=O)C(Cl)(Cl)C(=O)C(C)(C)C)c2)cc1. The second kappa shape index (κ2) is 15.8. The van der Waals surface area contributed by atoms with Crippen molar-refractivity contribution in [3.63, 3.8) is 0 Å². The molecule has 9 heteroatoms. The van der Waals surface area contributed by atoms with E-state index in [-0.39, 0.29) is 16.3 Å². The molecule has 0 fully saturated rings. The molecule has 2 N–H and O–H groups in total. The van der Waals surface area contributed by atoms with E-state index in [1.807, 2.05) is 12.1 Å². The Bertz CT molecular complexity index is 1210. The van der Waals surface area contributed by atoms with E-state index in [0.717, 1.165) is 18.4 Å². The minimum atomic E-state index is -3.85. The van der Waals surface area contributed by atoms with Gasteiger partial charge in [-0.1, -0.05) is 127 Å². The van der Waals surface area contributed by atoms with Crippen LogP contribution in [-0.2, 0) is 26.0 Å². The average Bonchev–Trinajstić information content (AvgIpc) is 2.89. The van der Waals surface area contributed by atoms with Gasteiger partial charge in [0.05, 0.1) is 10.6 Å². The van der Waals surface area contributed by atoms with E-state index in [2.05, 4.69) is 17.0 Å². The lowest BCUT2D eigenvalue weighted by atomic mass is 9.88. The first-order chi connectivity index (χ1) is 18.8. The number of nitrogens with one attached hydrogen (secondary N) is 2. The number of rotatable bonds is 17. The van der Waals surface area contributed by atoms with Crippen LogP contribution in [0.4, 0.5) is 11.4 Å². The van der Waals surface area contributed by atoms with Gasteiger partial charge in [-0.05, 0) is 48.7 Å². The van der Waals surface area contributed by atoms with Gasteiger partial charge in [-0.15, -0.1) is 0 Å². The van der Waals surface area contributed by atoms with Crippen LogP contribution >= 0.6 is 23.2 Å². The first kappa shape index (κ1) is 34.1. The molecule has 0 saturated carbocycles. The van der Waals surface area contributed by atoms with Gasteiger partial charge in [0.15, 0.2) is 5.78 Å². The third kappa shape index (κ3) is 11.1. The standard InChI is InChI=1S/C31H44Cl2N2O4S/c1-5-6-7-8-9-10-11-12-13-14-16-24-19-21-27(22-20-24)40(38,39)35-26-18-15-17-25(23-26)34-29(37)31(32,33)28(36)30(2,3)4/h15,17-23,35H,5-14,16H2,1-4H3,(H,34,37). The van der Waals surface area contributed by atoms with Crippen LogP contribution in [0, 0.1) is 5.41 Å². The van der Waals surface area contributed by atoms with Gasteiger partial charge in [-0.3, -0.25) is 14.3 Å². The van der Waals surface area contributed by atoms with E-state index >= 15 is 0 Å². The predicted molar refractivity (Wildman–Crippen MR) is 167 cm³/mol. The van der Waals surface area contributed by atoms with Crippen LogP contribution in [0.25, 0.3) is 0 Å². The zero-order valence-electron chi connectivity index (χ0n) is 24.2. The minimum absolute atomic E-state index is 0.144. The lowest BCUT2D eigenvalue weighted by Gasteiger charge is -2.25. The molecular formula is C31H44Cl2N2O4S. The van der Waals surface area contributed by atoms with E-state index in [1.54, 1.807) is 51.1 Å². The molecule has 1 amide bonds. The Hall–Kier alpha value is -2.09. The summed E-state index contributed by atoms with van der Waals surface area (Å²) in [5.41, 5.74) is 0.661. The van der Waals surface area contributed by atoms with Gasteiger partial charge < -0.3 is 5.32 Å². The molecule has 2 aromatic rings. The first-order valence-corrected chi connectivity index (χ1v) is 16.5. The van der Waals surface area contributed by atoms with E-state index in [1.165, 1.54) is 63.9 Å². The highest BCUT2D eigenvalue weighted by atomic mass is 35.5. The average molecular weight is 612 g/mol. The van der Waals surface area contributed by atoms with Crippen LogP contribution in [-0.4, -0.2) is 24.4 Å². The van der Waals surface area contributed by atoms with Gasteiger partial charge in [0.2, 0.25) is 0 Å². The van der Waals surface area contributed by atoms with Gasteiger partial charge in [0.25, 0.3) is 20.3 Å². The maximum Gasteiger partial charge on any atom is 0.268 e. The highest BCUT2D eigenvalue weighted by Crippen LogP contribution is 2.33. The highest BCUT2D eigenvalue weighted by molar-refractivity contribution is 7.92. The molecule has 2 rings (SSSR count). The fourth-order valence-corrected chi connectivity index (χ4v) is 6.02. The third-order valence-electron chi connectivity index (χ3n) is 6.68. The highest BCUT2D eigenvalue weighted by Gasteiger charge is 2.47. The molecule has 0 saturated heterocycles. The number of unbranched alkanes of at least 4 members (excludes halogenated alkanes) is 9. The van der Waals surface area contributed by atoms with E-state index in [9.17, 15) is 18.0 Å². The Morgan fingerprint density at radius 3 is 1.85 bits per heavy atom. The van der Waals surface area contributed by atoms with Crippen molar-refractivity contribution >= 4 is 56.3 Å². The summed E-state index contributed by atoms with van der Waals surface area (Å²) in [6.45, 7) is 7.08. The number of Topliss-reactive ketones (excluding diaryl/α,β-unsaturated/α-hetero) is 1. The van der Waals surface area contributed by atoms with Gasteiger partial charge in [0.1, 0.15) is 0 Å². The fourth-order valence-electron chi connectivity index (χ4n) is 4.31. The number of hydrogen-bond donors (Lipinski definition) is 2. The minimum Gasteiger partial charge on any atom is -0.323 e. The number of ketones is 1. The maximum atomic E-state index is 13.0. The maximum absolute atomic E-state index is 13.0. The number of amides is 1. The monoisotopic (exact) mass is 610 g/mol. The van der Waals surface area contributed by atoms with E-state index in [4.69, 9.17) is 23.2 Å². The van der Waals surface area contributed by atoms with Gasteiger partial charge >= 0.3 is 0 Å². The number of alkyl halides is 2. The van der Waals surface area contributed by atoms with Crippen molar-refractivity contribution in [1.82, 2.24) is 0 Å². The Morgan fingerprint density at radius 1 is 0.775 bits per heavy atom. The Balaban J connectivity index is 1.88. The van der Waals surface area contributed by atoms with E-state index in [0.29, 0.717) is 0 Å². The van der Waals surface area contributed by atoms with Crippen LogP contribution in [0.5, 0.6) is 0 Å². The molecule has 6 nitrogen and oxygen atoms in total. The summed E-state index contributed by atoms with van der Waals surface area (Å²) in [6, 6.07) is 13.0. The van der Waals surface area contributed by atoms with Crippen LogP contribution in [0.15, 0.2) is 53.4 Å². The molecule has 0 heterocycles. The summed E-state index contributed by atoms with van der Waals surface area (Å²) in [5.74, 6) is -1.55. The van der Waals surface area contributed by atoms with Crippen molar-refractivity contribution in [2.75, 3.05) is 10.0 Å². The van der Waals surface area contributed by atoms with Crippen LogP contribution in [0.2, 0.25) is 0 Å². The van der Waals surface area contributed by atoms with Crippen molar-refractivity contribution in [1.29, 1.82) is 0 Å². The molecule has 0 unspecified atom stereocenters. The molecule has 0 radical (unpaired) electrons. The van der Waals surface area contributed by atoms with Crippen molar-refractivity contribution in [3.8, 4) is 0 Å². The quantitative estimate of drug-likeness (QED) is 0.106. The van der Waals surface area contributed by atoms with Crippen molar-refractivity contribution in [2.24, 2.45) is 5.41 Å². The van der Waals surface area contributed by atoms with Crippen LogP contribution in [0.3, 0.4) is 0 Å². The lowest BCUT2D eigenvalue weighted by molar-refractivity contribution is -0.131. The third-order valence-corrected chi connectivity index (χ3v) is 8.76. The second-order valence-corrected chi connectivity index (χ2v) is 14.4. The predicted octanol–water partition coefficient (Wildman–Crippen LogP) is 8.68. The number of halogens is 2. The van der Waals surface area contributed by atoms with Gasteiger partial charge in [-0.25, -0.2) is 8.42 Å². The molecule has 40 heavy (non-hydrogen) atoms. The summed E-state index contributed by atoms with van der Waals surface area (Å²) < 4.78 is 26.2. The molecule has 222 valence electrons. The zero-order valence-corrected chi connectivity index (χ0v) is 26.5. The number of carbonyl (C=O) groups excluding carboxylic acids is 2. The summed E-state index contributed by atoms with van der Waals surface area (Å²) in [5, 5.41) is 2.50. The molecular weight excluding hydrogens is 567 g/mol. The topological polar surface area (TPSA) is 92.3 Å². The lowest BCUT2D eigenvalue weighted by Crippen LogP contribution is -2.45. The number of hydrogen-bond acceptors (Lipinski definition) is 4. The van der Waals surface area contributed by atoms with Crippen molar-refractivity contribution in [3.05, 3.63) is 54.1 Å². The molecule has 0 atom stereocenters. The normalized spacial score (nSPS) is 12.2. The van der Waals surface area contributed by atoms with Crippen LogP contribution < -0.4 is 10.0 Å². The van der Waals surface area contributed by atoms with Gasteiger partial charge in [-0.2, -0.15) is 0 Å². The number of anilines is 2. The molecule has 0 bridgehead atoms. The Labute approximate surface area is 250 Å². The summed E-state index contributed by atoms with van der Waals surface area (Å²) in [7, 11) is -3.85. The second-order valence-electron chi connectivity index (χ2n) is 11.4. The molecule has 0 aromatic heterocycles. The Morgan fingerprint density at radius 2 is 1.30 bits per heavy atom. The summed E-state index contributed by atoms with van der Waals surface area (Å²) in [4.78, 5) is 25.3. The number of sulfonamides is 1. The fraction of sp³-hybridized carbons (Fsp3) is 0.548. The number of carbonyl (C=O) groups is 2. The van der Waals surface area contributed by atoms with Crippen molar-refractivity contribution in [2.45, 2.75) is 108 Å². The van der Waals surface area contributed by atoms with Crippen molar-refractivity contribution < 1.29 is 18.0 Å². The van der Waals surface area contributed by atoms with E-state index < -0.39 is 31.5 Å². The molecule has 0 spiro atoms.